The number of nitrogens with zero attached hydrogens (tertiary/aromatic N) is 3. The van der Waals surface area contributed by atoms with E-state index in [2.05, 4.69) is 10.4 Å². The second-order valence-corrected chi connectivity index (χ2v) is 15.2. The number of hydrazine groups is 1. The lowest BCUT2D eigenvalue weighted by atomic mass is 9.49. The molecule has 4 aromatic rings. The molecule has 2 aliphatic heterocycles. The number of halogens is 6. The molecule has 3 fully saturated rings. The number of nitrogens with one attached hydrogen (secondary N) is 1. The zero-order valence-corrected chi connectivity index (χ0v) is 30.7. The number of allylic oxidation sites excluding steroid dienone is 2. The number of carboxylic acids is 1. The van der Waals surface area contributed by atoms with Gasteiger partial charge in [-0.05, 0) is 78.4 Å². The van der Waals surface area contributed by atoms with E-state index in [0.29, 0.717) is 39.0 Å². The smallest absolute Gasteiger partial charge is 0.417 e. The molecule has 1 saturated carbocycles. The maximum atomic E-state index is 15.3. The van der Waals surface area contributed by atoms with E-state index in [9.17, 15) is 42.6 Å². The summed E-state index contributed by atoms with van der Waals surface area (Å²) in [7, 11) is 0. The van der Waals surface area contributed by atoms with Crippen molar-refractivity contribution in [1.29, 1.82) is 0 Å². The lowest BCUT2D eigenvalue weighted by molar-refractivity contribution is -0.139. The highest BCUT2D eigenvalue weighted by Crippen LogP contribution is 2.65. The Hall–Kier alpha value is -5.44. The zero-order valence-electron chi connectivity index (χ0n) is 28.4. The summed E-state index contributed by atoms with van der Waals surface area (Å²) in [5, 5.41) is 20.4. The number of carbonyl (C=O) groups is 5. The number of hydrogen-bond donors (Lipinski definition) is 3. The maximum Gasteiger partial charge on any atom is 0.417 e. The first-order chi connectivity index (χ1) is 26.5. The minimum absolute atomic E-state index is 0.0193. The van der Waals surface area contributed by atoms with E-state index in [4.69, 9.17) is 34.8 Å². The summed E-state index contributed by atoms with van der Waals surface area (Å²) in [5.74, 6) is -9.94. The van der Waals surface area contributed by atoms with Crippen LogP contribution in [-0.2, 0) is 30.8 Å². The first-order valence-electron chi connectivity index (χ1n) is 17.1. The van der Waals surface area contributed by atoms with E-state index in [-0.39, 0.29) is 34.9 Å². The van der Waals surface area contributed by atoms with Crippen LogP contribution in [0.15, 0.2) is 90.6 Å². The van der Waals surface area contributed by atoms with Gasteiger partial charge < -0.3 is 10.2 Å². The number of carboxylic acid groups (broad SMARTS) is 1. The van der Waals surface area contributed by atoms with Gasteiger partial charge in [-0.25, -0.2) is 9.78 Å². The quantitative estimate of drug-likeness (QED) is 0.131. The van der Waals surface area contributed by atoms with Crippen LogP contribution >= 0.6 is 34.8 Å². The summed E-state index contributed by atoms with van der Waals surface area (Å²) in [6.45, 7) is 0. The number of imide groups is 2. The molecular weight excluding hydrogens is 800 g/mol. The molecule has 4 aliphatic rings. The number of alkyl halides is 3. The fraction of sp³-hybridized carbons (Fsp3) is 0.231. The number of phenolic OH excluding ortho intramolecular Hbond substituents is 1. The van der Waals surface area contributed by atoms with Gasteiger partial charge in [-0.15, -0.1) is 0 Å². The van der Waals surface area contributed by atoms with Gasteiger partial charge in [0.2, 0.25) is 11.8 Å². The third-order valence-corrected chi connectivity index (χ3v) is 12.1. The highest BCUT2D eigenvalue weighted by atomic mass is 35.5. The number of aromatic nitrogens is 1. The highest BCUT2D eigenvalue weighted by Gasteiger charge is 2.70. The van der Waals surface area contributed by atoms with E-state index in [1.807, 2.05) is 0 Å². The Morgan fingerprint density at radius 2 is 1.62 bits per heavy atom. The van der Waals surface area contributed by atoms with Gasteiger partial charge in [-0.2, -0.15) is 18.2 Å². The molecule has 8 rings (SSSR count). The van der Waals surface area contributed by atoms with Gasteiger partial charge in [0.05, 0.1) is 45.0 Å². The fourth-order valence-corrected chi connectivity index (χ4v) is 9.53. The summed E-state index contributed by atoms with van der Waals surface area (Å²) in [4.78, 5) is 75.1. The summed E-state index contributed by atoms with van der Waals surface area (Å²) >= 11 is 19.4. The van der Waals surface area contributed by atoms with Crippen LogP contribution in [0.5, 0.6) is 5.75 Å². The van der Waals surface area contributed by atoms with Gasteiger partial charge in [-0.3, -0.25) is 29.5 Å². The van der Waals surface area contributed by atoms with Crippen molar-refractivity contribution in [3.8, 4) is 5.75 Å². The number of anilines is 2. The van der Waals surface area contributed by atoms with Crippen molar-refractivity contribution in [2.45, 2.75) is 30.4 Å². The van der Waals surface area contributed by atoms with E-state index in [1.165, 1.54) is 54.6 Å². The Morgan fingerprint density at radius 3 is 2.29 bits per heavy atom. The summed E-state index contributed by atoms with van der Waals surface area (Å²) in [6, 6.07) is 16.3. The Kier molecular flexibility index (Phi) is 8.94. The molecule has 2 aliphatic carbocycles. The van der Waals surface area contributed by atoms with Crippen molar-refractivity contribution in [2.75, 3.05) is 10.3 Å². The molecule has 0 unspecified atom stereocenters. The molecule has 0 bridgehead atoms. The topological polar surface area (TPSA) is 157 Å². The standard InChI is InChI=1S/C39H26Cl3F3N4O7/c40-20-6-4-18(5-7-20)38-27(34(52)49(37(38)56)47-32-29(42)13-19(16-46-32)39(43,44)45)15-26-23(31(38)24-9-8-22(50)14-28(24)41)10-11-25-30(26)35(53)48(33(25)51)21-3-1-2-17(12-21)36(54)55/h1-10,12-14,16,25-27,30-31,50H,11,15H2,(H,46,47)(H,54,55)/t25-,26+,27-,30-,31+,38+/m0/s1. The Morgan fingerprint density at radius 1 is 0.893 bits per heavy atom. The first kappa shape index (κ1) is 37.5. The molecular formula is C39H26Cl3F3N4O7. The predicted molar refractivity (Wildman–Crippen MR) is 196 cm³/mol. The highest BCUT2D eigenvalue weighted by molar-refractivity contribution is 6.33. The fourth-order valence-electron chi connectivity index (χ4n) is 8.91. The van der Waals surface area contributed by atoms with Crippen molar-refractivity contribution in [3.05, 3.63) is 128 Å². The van der Waals surface area contributed by atoms with Crippen LogP contribution in [0.2, 0.25) is 15.1 Å². The number of aromatic hydroxyl groups is 1. The summed E-state index contributed by atoms with van der Waals surface area (Å²) in [6.07, 6.45) is -2.63. The third-order valence-electron chi connectivity index (χ3n) is 11.2. The van der Waals surface area contributed by atoms with Crippen LogP contribution in [0.4, 0.5) is 24.7 Å². The van der Waals surface area contributed by atoms with Crippen molar-refractivity contribution >= 4 is 75.9 Å². The molecule has 1 aromatic heterocycles. The first-order valence-corrected chi connectivity index (χ1v) is 18.2. The molecule has 286 valence electrons. The van der Waals surface area contributed by atoms with Gasteiger partial charge in [0.1, 0.15) is 5.75 Å². The molecule has 0 spiro atoms. The van der Waals surface area contributed by atoms with Crippen LogP contribution in [0.1, 0.15) is 45.8 Å². The number of aromatic carboxylic acids is 1. The number of phenols is 1. The Balaban J connectivity index is 1.31. The van der Waals surface area contributed by atoms with Gasteiger partial charge in [-0.1, -0.05) is 70.7 Å². The number of hydrogen-bond acceptors (Lipinski definition) is 8. The van der Waals surface area contributed by atoms with Crippen LogP contribution in [0, 0.1) is 23.7 Å². The van der Waals surface area contributed by atoms with E-state index >= 15 is 4.79 Å². The van der Waals surface area contributed by atoms with Crippen LogP contribution in [0.3, 0.4) is 0 Å². The number of rotatable bonds is 6. The van der Waals surface area contributed by atoms with Crippen molar-refractivity contribution in [3.63, 3.8) is 0 Å². The van der Waals surface area contributed by atoms with Crippen LogP contribution in [-0.4, -0.2) is 49.8 Å². The summed E-state index contributed by atoms with van der Waals surface area (Å²) < 4.78 is 40.4. The number of fused-ring (bicyclic) bond motifs is 4. The molecule has 3 heterocycles. The number of benzene rings is 3. The number of carbonyl (C=O) groups excluding carboxylic acids is 4. The monoisotopic (exact) mass is 824 g/mol. The van der Waals surface area contributed by atoms with Gasteiger partial charge >= 0.3 is 12.1 Å². The second kappa shape index (κ2) is 13.4. The van der Waals surface area contributed by atoms with Gasteiger partial charge in [0.15, 0.2) is 5.82 Å². The number of amides is 4. The molecule has 0 radical (unpaired) electrons. The van der Waals surface area contributed by atoms with E-state index in [0.717, 1.165) is 4.90 Å². The van der Waals surface area contributed by atoms with Crippen LogP contribution in [0.25, 0.3) is 0 Å². The lowest BCUT2D eigenvalue weighted by Crippen LogP contribution is -2.53. The van der Waals surface area contributed by atoms with Crippen molar-refractivity contribution in [2.24, 2.45) is 23.7 Å². The molecule has 2 saturated heterocycles. The summed E-state index contributed by atoms with van der Waals surface area (Å²) in [5.41, 5.74) is 0.603. The van der Waals surface area contributed by atoms with Crippen LogP contribution < -0.4 is 10.3 Å². The predicted octanol–water partition coefficient (Wildman–Crippen LogP) is 7.65. The number of pyridine rings is 1. The molecule has 11 nitrogen and oxygen atoms in total. The molecule has 3 aromatic carbocycles. The molecule has 6 atom stereocenters. The van der Waals surface area contributed by atoms with Gasteiger partial charge in [0, 0.05) is 22.2 Å². The SMILES string of the molecule is O=C(O)c1cccc(N2C(=O)[C@H]3[C@H](CC=C4[C@H]3C[C@H]3C(=O)N(Nc5ncc(C(F)(F)F)cc5Cl)C(=O)[C@@]3(c3ccc(Cl)cc3)[C@H]4c3ccc(O)cc3Cl)C2=O)c1. The maximum absolute atomic E-state index is 15.3. The van der Waals surface area contributed by atoms with Crippen molar-refractivity contribution < 1.29 is 47.4 Å². The zero-order chi connectivity index (χ0) is 40.0. The van der Waals surface area contributed by atoms with Crippen molar-refractivity contribution in [1.82, 2.24) is 9.99 Å². The van der Waals surface area contributed by atoms with E-state index in [1.54, 1.807) is 18.2 Å². The minimum atomic E-state index is -4.78. The lowest BCUT2D eigenvalue weighted by Gasteiger charge is -2.50. The molecule has 17 heteroatoms. The van der Waals surface area contributed by atoms with E-state index < -0.39 is 87.2 Å². The second-order valence-electron chi connectivity index (χ2n) is 14.0. The minimum Gasteiger partial charge on any atom is -0.508 e. The van der Waals surface area contributed by atoms with Gasteiger partial charge in [0.25, 0.3) is 11.8 Å². The molecule has 56 heavy (non-hydrogen) atoms. The Bertz CT molecular complexity index is 2430. The Labute approximate surface area is 330 Å². The largest absolute Gasteiger partial charge is 0.508 e. The molecule has 4 amide bonds. The molecule has 3 N–H and O–H groups in total. The average molecular weight is 826 g/mol. The average Bonchev–Trinajstić information content (AvgIpc) is 3.53. The normalized spacial score (nSPS) is 25.8. The third kappa shape index (κ3) is 5.64.